The highest BCUT2D eigenvalue weighted by molar-refractivity contribution is 5.75. The van der Waals surface area contributed by atoms with E-state index in [-0.39, 0.29) is 18.2 Å². The molecule has 2 saturated heterocycles. The topological polar surface area (TPSA) is 94.3 Å². The Kier molecular flexibility index (Phi) is 7.55. The lowest BCUT2D eigenvalue weighted by Gasteiger charge is -2.37. The number of nitrogens with two attached hydrogens (primary N) is 1. The van der Waals surface area contributed by atoms with Crippen LogP contribution < -0.4 is 10.5 Å². The average molecular weight is 420 g/mol. The van der Waals surface area contributed by atoms with Crippen molar-refractivity contribution in [3.05, 3.63) is 29.8 Å². The van der Waals surface area contributed by atoms with Crippen LogP contribution in [0.5, 0.6) is 5.75 Å². The van der Waals surface area contributed by atoms with E-state index in [0.29, 0.717) is 31.4 Å². The number of ether oxygens (including phenoxy) is 3. The van der Waals surface area contributed by atoms with Crippen LogP contribution in [0.15, 0.2) is 24.3 Å². The molecule has 2 N–H and O–H groups in total. The van der Waals surface area contributed by atoms with Crippen molar-refractivity contribution >= 4 is 12.1 Å². The Bertz CT molecular complexity index is 716. The summed E-state index contributed by atoms with van der Waals surface area (Å²) in [6, 6.07) is 7.50. The molecule has 1 aromatic rings. The molecule has 2 heterocycles. The monoisotopic (exact) mass is 419 g/mol. The number of hydrogen-bond donors (Lipinski definition) is 1. The fourth-order valence-corrected chi connectivity index (χ4v) is 4.04. The maximum atomic E-state index is 12.3. The zero-order valence-electron chi connectivity index (χ0n) is 18.1. The first-order chi connectivity index (χ1) is 14.4. The molecule has 8 nitrogen and oxygen atoms in total. The molecule has 2 unspecified atom stereocenters. The van der Waals surface area contributed by atoms with E-state index in [1.54, 1.807) is 0 Å². The van der Waals surface area contributed by atoms with E-state index in [0.717, 1.165) is 31.5 Å². The number of esters is 1. The second-order valence-corrected chi connectivity index (χ2v) is 8.31. The molecule has 0 aromatic heterocycles. The molecule has 2 aliphatic heterocycles. The summed E-state index contributed by atoms with van der Waals surface area (Å²) in [5.41, 5.74) is 6.71. The SMILES string of the molecule is COC(=O)C(N)Cc1ccc(OCC2CN(C3CCN(C(C)C)CC3)C(=O)O2)cc1. The van der Waals surface area contributed by atoms with E-state index in [4.69, 9.17) is 15.2 Å². The minimum Gasteiger partial charge on any atom is -0.490 e. The van der Waals surface area contributed by atoms with Gasteiger partial charge in [-0.3, -0.25) is 4.79 Å². The van der Waals surface area contributed by atoms with Crippen molar-refractivity contribution in [2.24, 2.45) is 5.73 Å². The molecule has 0 radical (unpaired) electrons. The van der Waals surface area contributed by atoms with Gasteiger partial charge < -0.3 is 29.7 Å². The van der Waals surface area contributed by atoms with Crippen LogP contribution in [0.2, 0.25) is 0 Å². The maximum absolute atomic E-state index is 12.3. The molecule has 2 fully saturated rings. The van der Waals surface area contributed by atoms with Crippen molar-refractivity contribution < 1.29 is 23.8 Å². The maximum Gasteiger partial charge on any atom is 0.410 e. The lowest BCUT2D eigenvalue weighted by atomic mass is 10.0. The van der Waals surface area contributed by atoms with Crippen LogP contribution in [-0.2, 0) is 20.7 Å². The molecule has 0 bridgehead atoms. The fourth-order valence-electron chi connectivity index (χ4n) is 4.04. The number of carbonyl (C=O) groups is 2. The molecule has 0 aliphatic carbocycles. The lowest BCUT2D eigenvalue weighted by molar-refractivity contribution is -0.142. The van der Waals surface area contributed by atoms with Crippen LogP contribution in [0.4, 0.5) is 4.79 Å². The van der Waals surface area contributed by atoms with Gasteiger partial charge >= 0.3 is 12.1 Å². The van der Waals surface area contributed by atoms with Gasteiger partial charge in [0, 0.05) is 25.2 Å². The molecule has 1 aromatic carbocycles. The van der Waals surface area contributed by atoms with Crippen molar-refractivity contribution in [3.8, 4) is 5.75 Å². The molecular weight excluding hydrogens is 386 g/mol. The number of piperidine rings is 1. The Hall–Kier alpha value is -2.32. The standard InChI is InChI=1S/C22H33N3O5/c1-15(2)24-10-8-17(9-11-24)25-13-19(30-22(25)27)14-29-18-6-4-16(5-7-18)12-20(23)21(26)28-3/h4-7,15,17,19-20H,8-14,23H2,1-3H3. The Morgan fingerprint density at radius 1 is 1.23 bits per heavy atom. The highest BCUT2D eigenvalue weighted by atomic mass is 16.6. The van der Waals surface area contributed by atoms with Gasteiger partial charge in [-0.05, 0) is 50.8 Å². The third kappa shape index (κ3) is 5.64. The van der Waals surface area contributed by atoms with Crippen LogP contribution >= 0.6 is 0 Å². The summed E-state index contributed by atoms with van der Waals surface area (Å²) in [5, 5.41) is 0. The summed E-state index contributed by atoms with van der Waals surface area (Å²) < 4.78 is 16.0. The summed E-state index contributed by atoms with van der Waals surface area (Å²) in [6.45, 7) is 7.32. The number of methoxy groups -OCH3 is 1. The number of carbonyl (C=O) groups excluding carboxylic acids is 2. The lowest BCUT2D eigenvalue weighted by Crippen LogP contribution is -2.47. The Balaban J connectivity index is 1.44. The smallest absolute Gasteiger partial charge is 0.410 e. The summed E-state index contributed by atoms with van der Waals surface area (Å²) in [5.74, 6) is 0.253. The van der Waals surface area contributed by atoms with Crippen LogP contribution in [0.3, 0.4) is 0 Å². The second kappa shape index (κ2) is 10.1. The summed E-state index contributed by atoms with van der Waals surface area (Å²) in [4.78, 5) is 28.1. The first-order valence-corrected chi connectivity index (χ1v) is 10.6. The van der Waals surface area contributed by atoms with Gasteiger partial charge in [0.05, 0.1) is 13.7 Å². The molecule has 2 atom stereocenters. The van der Waals surface area contributed by atoms with E-state index in [2.05, 4.69) is 23.5 Å². The quantitative estimate of drug-likeness (QED) is 0.642. The fraction of sp³-hybridized carbons (Fsp3) is 0.636. The number of rotatable bonds is 8. The summed E-state index contributed by atoms with van der Waals surface area (Å²) in [7, 11) is 1.32. The van der Waals surface area contributed by atoms with Gasteiger partial charge in [0.2, 0.25) is 0 Å². The van der Waals surface area contributed by atoms with Crippen molar-refractivity contribution in [3.63, 3.8) is 0 Å². The third-order valence-corrected chi connectivity index (χ3v) is 5.89. The summed E-state index contributed by atoms with van der Waals surface area (Å²) in [6.07, 6.45) is 1.86. The van der Waals surface area contributed by atoms with E-state index in [1.807, 2.05) is 29.2 Å². The Morgan fingerprint density at radius 3 is 2.50 bits per heavy atom. The molecular formula is C22H33N3O5. The highest BCUT2D eigenvalue weighted by Gasteiger charge is 2.37. The number of amides is 1. The minimum absolute atomic E-state index is 0.237. The molecule has 166 valence electrons. The molecule has 30 heavy (non-hydrogen) atoms. The Morgan fingerprint density at radius 2 is 1.90 bits per heavy atom. The van der Waals surface area contributed by atoms with E-state index in [9.17, 15) is 9.59 Å². The molecule has 2 aliphatic rings. The predicted octanol–water partition coefficient (Wildman–Crippen LogP) is 1.80. The van der Waals surface area contributed by atoms with Gasteiger partial charge in [-0.1, -0.05) is 12.1 Å². The third-order valence-electron chi connectivity index (χ3n) is 5.89. The number of cyclic esters (lactones) is 1. The van der Waals surface area contributed by atoms with Gasteiger partial charge in [0.15, 0.2) is 6.10 Å². The number of hydrogen-bond acceptors (Lipinski definition) is 7. The van der Waals surface area contributed by atoms with E-state index >= 15 is 0 Å². The van der Waals surface area contributed by atoms with Crippen molar-refractivity contribution in [1.29, 1.82) is 0 Å². The van der Waals surface area contributed by atoms with Crippen LogP contribution in [-0.4, -0.2) is 79.4 Å². The zero-order chi connectivity index (χ0) is 21.7. The predicted molar refractivity (Wildman–Crippen MR) is 112 cm³/mol. The largest absolute Gasteiger partial charge is 0.490 e. The molecule has 1 amide bonds. The van der Waals surface area contributed by atoms with Gasteiger partial charge in [0.1, 0.15) is 18.4 Å². The van der Waals surface area contributed by atoms with Gasteiger partial charge in [0.25, 0.3) is 0 Å². The van der Waals surface area contributed by atoms with Gasteiger partial charge in [-0.2, -0.15) is 0 Å². The highest BCUT2D eigenvalue weighted by Crippen LogP contribution is 2.24. The van der Waals surface area contributed by atoms with Gasteiger partial charge in [-0.25, -0.2) is 4.79 Å². The normalized spacial score (nSPS) is 21.6. The number of benzene rings is 1. The minimum atomic E-state index is -0.682. The molecule has 8 heteroatoms. The van der Waals surface area contributed by atoms with E-state index in [1.165, 1.54) is 7.11 Å². The van der Waals surface area contributed by atoms with Crippen molar-refractivity contribution in [1.82, 2.24) is 9.80 Å². The first-order valence-electron chi connectivity index (χ1n) is 10.6. The second-order valence-electron chi connectivity index (χ2n) is 8.31. The van der Waals surface area contributed by atoms with Crippen molar-refractivity contribution in [2.45, 2.75) is 57.3 Å². The Labute approximate surface area is 178 Å². The van der Waals surface area contributed by atoms with E-state index < -0.39 is 12.0 Å². The van der Waals surface area contributed by atoms with Crippen LogP contribution in [0.25, 0.3) is 0 Å². The summed E-state index contributed by atoms with van der Waals surface area (Å²) >= 11 is 0. The van der Waals surface area contributed by atoms with Crippen LogP contribution in [0.1, 0.15) is 32.3 Å². The molecule has 3 rings (SSSR count). The van der Waals surface area contributed by atoms with Crippen molar-refractivity contribution in [2.75, 3.05) is 33.4 Å². The van der Waals surface area contributed by atoms with Crippen LogP contribution in [0, 0.1) is 0 Å². The number of nitrogens with zero attached hydrogens (tertiary/aromatic N) is 2. The average Bonchev–Trinajstić information content (AvgIpc) is 3.13. The number of likely N-dealkylation sites (tertiary alicyclic amines) is 1. The molecule has 0 spiro atoms. The van der Waals surface area contributed by atoms with Gasteiger partial charge in [-0.15, -0.1) is 0 Å². The first kappa shape index (κ1) is 22.4. The molecule has 0 saturated carbocycles. The zero-order valence-corrected chi connectivity index (χ0v) is 18.1.